The Morgan fingerprint density at radius 2 is 1.50 bits per heavy atom. The molecule has 0 saturated carbocycles. The predicted molar refractivity (Wildman–Crippen MR) is 133 cm³/mol. The van der Waals surface area contributed by atoms with E-state index in [-0.39, 0.29) is 11.9 Å². The van der Waals surface area contributed by atoms with Crippen LogP contribution in [0.25, 0.3) is 6.08 Å². The summed E-state index contributed by atoms with van der Waals surface area (Å²) in [6.45, 7) is 5.38. The van der Waals surface area contributed by atoms with Gasteiger partial charge in [-0.25, -0.2) is 0 Å². The Labute approximate surface area is 206 Å². The van der Waals surface area contributed by atoms with E-state index in [4.69, 9.17) is 31.4 Å². The fourth-order valence-corrected chi connectivity index (χ4v) is 4.80. The molecule has 0 unspecified atom stereocenters. The molecule has 1 aromatic carbocycles. The van der Waals surface area contributed by atoms with Gasteiger partial charge in [0.25, 0.3) is 5.91 Å². The number of carbonyl (C=O) groups excluding carboxylic acids is 1. The number of thioether (sulfide) groups is 1. The van der Waals surface area contributed by atoms with Crippen LogP contribution in [0.3, 0.4) is 0 Å². The van der Waals surface area contributed by atoms with E-state index in [2.05, 4.69) is 19.8 Å². The van der Waals surface area contributed by atoms with E-state index < -0.39 is 0 Å². The van der Waals surface area contributed by atoms with E-state index in [1.807, 2.05) is 30.3 Å². The van der Waals surface area contributed by atoms with Crippen molar-refractivity contribution in [2.75, 3.05) is 69.5 Å². The highest BCUT2D eigenvalue weighted by Crippen LogP contribution is 2.32. The molecule has 12 heteroatoms. The number of rotatable bonds is 5. The SMILES string of the molecule is CN1C(=O)/C(=C\c2ccc(Oc3nc(N4CCOCC4)nc(N4CCOCC4)n3)cc2)SC1=S. The van der Waals surface area contributed by atoms with E-state index in [9.17, 15) is 4.79 Å². The number of nitrogens with zero attached hydrogens (tertiary/aromatic N) is 6. The van der Waals surface area contributed by atoms with Crippen LogP contribution in [0.5, 0.6) is 11.8 Å². The average Bonchev–Trinajstić information content (AvgIpc) is 3.12. The molecule has 0 radical (unpaired) electrons. The van der Waals surface area contributed by atoms with Gasteiger partial charge in [0.05, 0.1) is 31.3 Å². The number of amides is 1. The summed E-state index contributed by atoms with van der Waals surface area (Å²) in [5, 5.41) is 0. The first-order valence-corrected chi connectivity index (χ1v) is 12.2. The molecule has 178 valence electrons. The number of carbonyl (C=O) groups is 1. The van der Waals surface area contributed by atoms with Crippen LogP contribution in [0.4, 0.5) is 11.9 Å². The van der Waals surface area contributed by atoms with Crippen LogP contribution in [0.2, 0.25) is 0 Å². The molecular weight excluding hydrogens is 476 g/mol. The quantitative estimate of drug-likeness (QED) is 0.447. The van der Waals surface area contributed by atoms with Crippen LogP contribution in [0.15, 0.2) is 29.2 Å². The number of hydrogen-bond acceptors (Lipinski definition) is 11. The number of anilines is 2. The first-order valence-electron chi connectivity index (χ1n) is 11.0. The maximum absolute atomic E-state index is 12.2. The van der Waals surface area contributed by atoms with Crippen LogP contribution in [0.1, 0.15) is 5.56 Å². The summed E-state index contributed by atoms with van der Waals surface area (Å²) in [5.74, 6) is 1.65. The van der Waals surface area contributed by atoms with Gasteiger partial charge in [0, 0.05) is 33.2 Å². The largest absolute Gasteiger partial charge is 0.424 e. The van der Waals surface area contributed by atoms with Gasteiger partial charge in [-0.15, -0.1) is 0 Å². The second-order valence-corrected chi connectivity index (χ2v) is 9.50. The molecule has 34 heavy (non-hydrogen) atoms. The van der Waals surface area contributed by atoms with Gasteiger partial charge in [-0.2, -0.15) is 15.0 Å². The van der Waals surface area contributed by atoms with E-state index in [0.29, 0.717) is 79.5 Å². The molecule has 1 amide bonds. The zero-order valence-electron chi connectivity index (χ0n) is 18.7. The minimum absolute atomic E-state index is 0.0909. The summed E-state index contributed by atoms with van der Waals surface area (Å²) in [5.41, 5.74) is 0.875. The number of benzene rings is 1. The van der Waals surface area contributed by atoms with Gasteiger partial charge in [-0.1, -0.05) is 36.1 Å². The highest BCUT2D eigenvalue weighted by molar-refractivity contribution is 8.26. The molecule has 2 aromatic rings. The Bertz CT molecular complexity index is 1060. The highest BCUT2D eigenvalue weighted by Gasteiger charge is 2.28. The van der Waals surface area contributed by atoms with Crippen molar-refractivity contribution in [3.63, 3.8) is 0 Å². The number of likely N-dealkylation sites (N-methyl/N-ethyl adjacent to an activating group) is 1. The van der Waals surface area contributed by atoms with E-state index in [1.165, 1.54) is 16.7 Å². The Morgan fingerprint density at radius 1 is 0.941 bits per heavy atom. The zero-order valence-corrected chi connectivity index (χ0v) is 20.3. The van der Waals surface area contributed by atoms with E-state index >= 15 is 0 Å². The molecule has 4 heterocycles. The molecule has 10 nitrogen and oxygen atoms in total. The van der Waals surface area contributed by atoms with Crippen molar-refractivity contribution in [2.24, 2.45) is 0 Å². The molecule has 3 saturated heterocycles. The van der Waals surface area contributed by atoms with Crippen LogP contribution < -0.4 is 14.5 Å². The van der Waals surface area contributed by atoms with Crippen molar-refractivity contribution in [1.29, 1.82) is 0 Å². The molecule has 3 fully saturated rings. The number of hydrogen-bond donors (Lipinski definition) is 0. The third kappa shape index (κ3) is 5.14. The minimum Gasteiger partial charge on any atom is -0.424 e. The zero-order chi connectivity index (χ0) is 23.5. The van der Waals surface area contributed by atoms with Crippen molar-refractivity contribution < 1.29 is 19.0 Å². The first-order chi connectivity index (χ1) is 16.6. The van der Waals surface area contributed by atoms with Crippen molar-refractivity contribution in [3.8, 4) is 11.8 Å². The summed E-state index contributed by atoms with van der Waals surface area (Å²) in [6, 6.07) is 7.64. The lowest BCUT2D eigenvalue weighted by Gasteiger charge is -2.30. The number of aromatic nitrogens is 3. The van der Waals surface area contributed by atoms with Crippen LogP contribution in [0, 0.1) is 0 Å². The molecule has 0 N–H and O–H groups in total. The van der Waals surface area contributed by atoms with Gasteiger partial charge in [0.1, 0.15) is 10.1 Å². The number of ether oxygens (including phenoxy) is 3. The molecule has 1 aromatic heterocycles. The second kappa shape index (κ2) is 10.2. The smallest absolute Gasteiger partial charge is 0.328 e. The van der Waals surface area contributed by atoms with Gasteiger partial charge in [0.15, 0.2) is 0 Å². The second-order valence-electron chi connectivity index (χ2n) is 7.83. The Balaban J connectivity index is 1.36. The fraction of sp³-hybridized carbons (Fsp3) is 0.409. The standard InChI is InChI=1S/C22H24N6O4S2/c1-26-18(29)17(34-22(26)33)14-15-2-4-16(5-3-15)32-21-24-19(27-6-10-30-11-7-27)23-20(25-21)28-8-12-31-13-9-28/h2-5,14H,6-13H2,1H3/b17-14+. The molecule has 3 aliphatic rings. The topological polar surface area (TPSA) is 93.2 Å². The van der Waals surface area contributed by atoms with Crippen LogP contribution >= 0.6 is 24.0 Å². The average molecular weight is 501 g/mol. The van der Waals surface area contributed by atoms with Crippen molar-refractivity contribution >= 4 is 52.2 Å². The minimum atomic E-state index is -0.0909. The van der Waals surface area contributed by atoms with Crippen molar-refractivity contribution in [1.82, 2.24) is 19.9 Å². The van der Waals surface area contributed by atoms with Gasteiger partial charge in [0.2, 0.25) is 11.9 Å². The molecular formula is C22H24N6O4S2. The summed E-state index contributed by atoms with van der Waals surface area (Å²) < 4.78 is 17.5. The summed E-state index contributed by atoms with van der Waals surface area (Å²) >= 11 is 6.49. The lowest BCUT2D eigenvalue weighted by Crippen LogP contribution is -2.40. The van der Waals surface area contributed by atoms with Gasteiger partial charge in [-0.3, -0.25) is 9.69 Å². The van der Waals surface area contributed by atoms with Crippen molar-refractivity contribution in [3.05, 3.63) is 34.7 Å². The molecule has 0 bridgehead atoms. The third-order valence-electron chi connectivity index (χ3n) is 5.55. The van der Waals surface area contributed by atoms with Crippen molar-refractivity contribution in [2.45, 2.75) is 0 Å². The maximum Gasteiger partial charge on any atom is 0.328 e. The fourth-order valence-electron chi connectivity index (χ4n) is 3.63. The van der Waals surface area contributed by atoms with Gasteiger partial charge < -0.3 is 24.0 Å². The number of thiocarbonyl (C=S) groups is 1. The Kier molecular flexibility index (Phi) is 6.90. The molecule has 0 atom stereocenters. The molecule has 0 aliphatic carbocycles. The molecule has 0 spiro atoms. The monoisotopic (exact) mass is 500 g/mol. The van der Waals surface area contributed by atoms with E-state index in [0.717, 1.165) is 5.56 Å². The summed E-state index contributed by atoms with van der Waals surface area (Å²) in [7, 11) is 1.68. The van der Waals surface area contributed by atoms with Gasteiger partial charge >= 0.3 is 6.01 Å². The normalized spacial score (nSPS) is 20.4. The van der Waals surface area contributed by atoms with E-state index in [1.54, 1.807) is 7.05 Å². The first kappa shape index (κ1) is 23.0. The summed E-state index contributed by atoms with van der Waals surface area (Å²) in [4.78, 5) is 32.3. The number of morpholine rings is 2. The molecule has 5 rings (SSSR count). The third-order valence-corrected chi connectivity index (χ3v) is 7.04. The molecule has 3 aliphatic heterocycles. The maximum atomic E-state index is 12.2. The predicted octanol–water partition coefficient (Wildman–Crippen LogP) is 2.17. The van der Waals surface area contributed by atoms with Gasteiger partial charge in [-0.05, 0) is 23.8 Å². The Morgan fingerprint density at radius 3 is 2.00 bits per heavy atom. The van der Waals surface area contributed by atoms with Crippen LogP contribution in [-0.2, 0) is 14.3 Å². The summed E-state index contributed by atoms with van der Waals surface area (Å²) in [6.07, 6.45) is 1.82. The highest BCUT2D eigenvalue weighted by atomic mass is 32.2. The lowest BCUT2D eigenvalue weighted by molar-refractivity contribution is -0.121. The lowest BCUT2D eigenvalue weighted by atomic mass is 10.2. The Hall–Kier alpha value is -2.80. The van der Waals surface area contributed by atoms with Crippen LogP contribution in [-0.4, -0.2) is 89.7 Å².